The first-order valence-electron chi connectivity index (χ1n) is 8.52. The number of H-pyrrole nitrogens is 1. The summed E-state index contributed by atoms with van der Waals surface area (Å²) in [6, 6.07) is 0. The molecule has 1 aliphatic rings. The molecule has 1 aromatic rings. The smallest absolute Gasteiger partial charge is 0.387 e. The molecule has 1 fully saturated rings. The van der Waals surface area contributed by atoms with Crippen LogP contribution >= 0.6 is 23.5 Å². The Morgan fingerprint density at radius 2 is 1.79 bits per heavy atom. The third kappa shape index (κ3) is 7.51. The molecule has 0 radical (unpaired) electrons. The number of rotatable bonds is 9. The molecule has 0 saturated carbocycles. The Bertz CT molecular complexity index is 1190. The number of aromatic amines is 1. The molecule has 2 rings (SSSR count). The van der Waals surface area contributed by atoms with Gasteiger partial charge in [0, 0.05) is 13.3 Å². The molecule has 1 aliphatic heterocycles. The van der Waals surface area contributed by atoms with Gasteiger partial charge in [-0.2, -0.15) is 8.62 Å². The Balaban J connectivity index is 2.20. The van der Waals surface area contributed by atoms with Crippen molar-refractivity contribution in [3.63, 3.8) is 0 Å². The van der Waals surface area contributed by atoms with E-state index in [0.717, 1.165) is 17.9 Å². The van der Waals surface area contributed by atoms with Crippen molar-refractivity contribution in [2.45, 2.75) is 31.5 Å². The molecule has 33 heavy (non-hydrogen) atoms. The van der Waals surface area contributed by atoms with E-state index in [-0.39, 0.29) is 5.56 Å². The topological polar surface area (TPSA) is 253 Å². The number of hydrogen-bond acceptors (Lipinski definition) is 11. The predicted molar refractivity (Wildman–Crippen MR) is 104 cm³/mol. The SMILES string of the molecule is CC#Cc1cn([C@@H]2O[C@H](COP(=O)(O)OP(=O)(O)OP(=O)(O)O)[C@@H](O)[C@H]2OC)c(=O)[nH]c1=O. The Morgan fingerprint density at radius 3 is 2.33 bits per heavy atom. The maximum Gasteiger partial charge on any atom is 0.490 e. The molecular formula is C13H19N2O15P3. The molecule has 1 saturated heterocycles. The molecule has 0 aliphatic carbocycles. The van der Waals surface area contributed by atoms with Crippen molar-refractivity contribution in [1.82, 2.24) is 9.55 Å². The fraction of sp³-hybridized carbons (Fsp3) is 0.538. The summed E-state index contributed by atoms with van der Waals surface area (Å²) in [5.41, 5.74) is -1.83. The highest BCUT2D eigenvalue weighted by atomic mass is 31.3. The number of aliphatic hydroxyl groups is 1. The van der Waals surface area contributed by atoms with Gasteiger partial charge in [-0.3, -0.25) is 18.9 Å². The van der Waals surface area contributed by atoms with E-state index in [1.807, 2.05) is 4.98 Å². The number of methoxy groups -OCH3 is 1. The number of nitrogens with zero attached hydrogens (tertiary/aromatic N) is 1. The van der Waals surface area contributed by atoms with Gasteiger partial charge in [0.15, 0.2) is 6.23 Å². The van der Waals surface area contributed by atoms with Crippen molar-refractivity contribution in [2.75, 3.05) is 13.7 Å². The lowest BCUT2D eigenvalue weighted by Gasteiger charge is -2.20. The normalized spacial score (nSPS) is 26.8. The first-order chi connectivity index (χ1) is 15.1. The van der Waals surface area contributed by atoms with Crippen LogP contribution in [0.1, 0.15) is 18.7 Å². The maximum absolute atomic E-state index is 12.2. The van der Waals surface area contributed by atoms with Gasteiger partial charge in [-0.1, -0.05) is 5.92 Å². The summed E-state index contributed by atoms with van der Waals surface area (Å²) in [7, 11) is -15.6. The Hall–Kier alpha value is -1.47. The molecule has 0 spiro atoms. The summed E-state index contributed by atoms with van der Waals surface area (Å²) < 4.78 is 56.9. The molecule has 0 bridgehead atoms. The average molecular weight is 536 g/mol. The highest BCUT2D eigenvalue weighted by molar-refractivity contribution is 7.66. The van der Waals surface area contributed by atoms with Crippen molar-refractivity contribution in [3.8, 4) is 11.8 Å². The van der Waals surface area contributed by atoms with Crippen molar-refractivity contribution >= 4 is 23.5 Å². The Kier molecular flexibility index (Phi) is 8.78. The fourth-order valence-electron chi connectivity index (χ4n) is 2.70. The van der Waals surface area contributed by atoms with Gasteiger partial charge in [-0.25, -0.2) is 18.5 Å². The third-order valence-corrected chi connectivity index (χ3v) is 7.71. The number of ether oxygens (including phenoxy) is 2. The fourth-order valence-corrected chi connectivity index (χ4v) is 5.73. The minimum atomic E-state index is -5.73. The second-order valence-electron chi connectivity index (χ2n) is 6.23. The van der Waals surface area contributed by atoms with E-state index in [0.29, 0.717) is 0 Å². The van der Waals surface area contributed by atoms with Gasteiger partial charge in [0.25, 0.3) is 5.56 Å². The molecule has 186 valence electrons. The Labute approximate surface area is 184 Å². The summed E-state index contributed by atoms with van der Waals surface area (Å²) in [6.45, 7) is 0.461. The van der Waals surface area contributed by atoms with Crippen LogP contribution in [0, 0.1) is 11.8 Å². The summed E-state index contributed by atoms with van der Waals surface area (Å²) in [5, 5.41) is 10.4. The van der Waals surface area contributed by atoms with Gasteiger partial charge in [0.2, 0.25) is 0 Å². The number of aliphatic hydroxyl groups excluding tert-OH is 1. The zero-order chi connectivity index (χ0) is 25.2. The molecule has 6 N–H and O–H groups in total. The molecule has 0 aromatic carbocycles. The van der Waals surface area contributed by atoms with Crippen LogP contribution in [0.25, 0.3) is 0 Å². The number of hydrogen-bond donors (Lipinski definition) is 6. The van der Waals surface area contributed by atoms with E-state index in [9.17, 15) is 33.3 Å². The molecule has 20 heteroatoms. The lowest BCUT2D eigenvalue weighted by Crippen LogP contribution is -2.39. The van der Waals surface area contributed by atoms with Crippen molar-refractivity contribution in [2.24, 2.45) is 0 Å². The number of phosphoric ester groups is 1. The zero-order valence-corrected chi connectivity index (χ0v) is 19.4. The summed E-state index contributed by atoms with van der Waals surface area (Å²) in [5.74, 6) is 4.94. The molecule has 0 amide bonds. The van der Waals surface area contributed by atoms with Crippen LogP contribution in [-0.2, 0) is 36.3 Å². The van der Waals surface area contributed by atoms with E-state index in [1.54, 1.807) is 0 Å². The number of phosphoric acid groups is 3. The lowest BCUT2D eigenvalue weighted by atomic mass is 10.1. The second-order valence-corrected chi connectivity index (χ2v) is 10.6. The number of aromatic nitrogens is 2. The molecule has 17 nitrogen and oxygen atoms in total. The first-order valence-corrected chi connectivity index (χ1v) is 13.0. The van der Waals surface area contributed by atoms with Crippen LogP contribution in [0.15, 0.2) is 15.8 Å². The van der Waals surface area contributed by atoms with Crippen LogP contribution in [0.2, 0.25) is 0 Å². The van der Waals surface area contributed by atoms with Crippen molar-refractivity contribution in [3.05, 3.63) is 32.6 Å². The Morgan fingerprint density at radius 1 is 1.15 bits per heavy atom. The summed E-state index contributed by atoms with van der Waals surface area (Å²) in [6.07, 6.45) is -4.66. The minimum absolute atomic E-state index is 0.109. The van der Waals surface area contributed by atoms with E-state index in [1.165, 1.54) is 6.92 Å². The first kappa shape index (κ1) is 27.8. The van der Waals surface area contributed by atoms with Crippen LogP contribution in [0.3, 0.4) is 0 Å². The van der Waals surface area contributed by atoms with E-state index in [2.05, 4.69) is 25.0 Å². The third-order valence-electron chi connectivity index (χ3n) is 3.90. The minimum Gasteiger partial charge on any atom is -0.387 e. The monoisotopic (exact) mass is 536 g/mol. The quantitative estimate of drug-likeness (QED) is 0.155. The number of nitrogens with one attached hydrogen (secondary N) is 1. The van der Waals surface area contributed by atoms with Crippen molar-refractivity contribution < 1.29 is 61.0 Å². The molecule has 2 heterocycles. The van der Waals surface area contributed by atoms with Crippen LogP contribution in [0.4, 0.5) is 0 Å². The molecule has 6 atom stereocenters. The molecule has 2 unspecified atom stereocenters. The van der Waals surface area contributed by atoms with Gasteiger partial charge in [-0.05, 0) is 6.92 Å². The largest absolute Gasteiger partial charge is 0.490 e. The highest BCUT2D eigenvalue weighted by Gasteiger charge is 2.47. The van der Waals surface area contributed by atoms with E-state index in [4.69, 9.17) is 24.2 Å². The summed E-state index contributed by atoms with van der Waals surface area (Å²) in [4.78, 5) is 61.7. The molecule has 1 aromatic heterocycles. The predicted octanol–water partition coefficient (Wildman–Crippen LogP) is -1.48. The van der Waals surface area contributed by atoms with Gasteiger partial charge in [0.05, 0.1) is 6.61 Å². The second kappa shape index (κ2) is 10.4. The highest BCUT2D eigenvalue weighted by Crippen LogP contribution is 2.66. The van der Waals surface area contributed by atoms with Gasteiger partial charge >= 0.3 is 29.2 Å². The van der Waals surface area contributed by atoms with Crippen LogP contribution in [-0.4, -0.2) is 66.3 Å². The lowest BCUT2D eigenvalue weighted by molar-refractivity contribution is -0.0620. The van der Waals surface area contributed by atoms with E-state index >= 15 is 0 Å². The summed E-state index contributed by atoms with van der Waals surface area (Å²) >= 11 is 0. The maximum atomic E-state index is 12.2. The van der Waals surface area contributed by atoms with Crippen LogP contribution < -0.4 is 11.2 Å². The zero-order valence-electron chi connectivity index (χ0n) is 16.7. The van der Waals surface area contributed by atoms with E-state index < -0.39 is 65.9 Å². The standard InChI is InChI=1S/C13H19N2O15P3/c1-3-4-7-5-15(13(18)14-11(7)17)12-10(26-2)9(16)8(28-12)6-27-32(22,23)30-33(24,25)29-31(19,20)21/h5,8-10,12,16H,6H2,1-2H3,(H,22,23)(H,24,25)(H,14,17,18)(H2,19,20,21)/t8-,9-,10-,12-/m1/s1. The van der Waals surface area contributed by atoms with Gasteiger partial charge < -0.3 is 34.2 Å². The average Bonchev–Trinajstić information content (AvgIpc) is 2.95. The van der Waals surface area contributed by atoms with Gasteiger partial charge in [-0.15, -0.1) is 5.92 Å². The van der Waals surface area contributed by atoms with Crippen LogP contribution in [0.5, 0.6) is 0 Å². The van der Waals surface area contributed by atoms with Crippen molar-refractivity contribution in [1.29, 1.82) is 0 Å². The van der Waals surface area contributed by atoms with Gasteiger partial charge in [0.1, 0.15) is 23.9 Å². The molecular weight excluding hydrogens is 517 g/mol.